The van der Waals surface area contributed by atoms with E-state index in [-0.39, 0.29) is 59.0 Å². The Kier molecular flexibility index (Phi) is 14.6. The van der Waals surface area contributed by atoms with Crippen molar-refractivity contribution in [3.05, 3.63) is 38.0 Å². The van der Waals surface area contributed by atoms with Crippen molar-refractivity contribution in [3.8, 4) is 0 Å². The standard InChI is InChI=1S/C34H44N15O15P3S2/c1-55-22-14(4-5-66(52,53)57-3)60-33(48-12-45-18-27(36)39-9-42-30(18)48)24(22)63-65(68)58-6-16-23(56-2)25(34(62-16)49-13-46-19-28(37)40-10-43-31(19)49)64-67(54,69)59-7-15-20(50)21(51)32(61-15)47-11-44-17-26(35)38-8-41-29(17)47/h8-16,20-25,32-34,50-51H,4-7H2,1-3H3,(H7-,35,36,37,38,39,40,41,42,43,52,53,54,69)/p+1/t14-,15-,16-,20-,21-,22-,23-,24-,25-,32-,33-,34-,67?/m1/s1. The van der Waals surface area contributed by atoms with Crippen molar-refractivity contribution in [1.82, 2.24) is 58.6 Å². The molecule has 6 aromatic rings. The van der Waals surface area contributed by atoms with Crippen LogP contribution < -0.4 is 17.2 Å². The molecule has 69 heavy (non-hydrogen) atoms. The fraction of sp³-hybridized carbons (Fsp3) is 0.559. The number of ether oxygens (including phenoxy) is 5. The maximum Gasteiger partial charge on any atom is 0.522 e. The molecule has 15 atom stereocenters. The molecule has 3 fully saturated rings. The molecule has 0 spiro atoms. The van der Waals surface area contributed by atoms with E-state index in [4.69, 9.17) is 87.1 Å². The number of nitrogens with two attached hydrogens (primary N) is 3. The van der Waals surface area contributed by atoms with Gasteiger partial charge in [0.25, 0.3) is 0 Å². The van der Waals surface area contributed by atoms with Gasteiger partial charge in [-0.15, -0.1) is 9.05 Å². The highest BCUT2D eigenvalue weighted by Gasteiger charge is 2.54. The van der Waals surface area contributed by atoms with Crippen LogP contribution in [0.1, 0.15) is 25.1 Å². The molecule has 9 rings (SSSR count). The molecule has 3 aliphatic rings. The Morgan fingerprint density at radius 3 is 1.67 bits per heavy atom. The van der Waals surface area contributed by atoms with Crippen LogP contribution in [-0.2, 0) is 74.5 Å². The minimum atomic E-state index is -4.32. The molecule has 0 saturated carbocycles. The van der Waals surface area contributed by atoms with Crippen molar-refractivity contribution in [1.29, 1.82) is 0 Å². The predicted molar refractivity (Wildman–Crippen MR) is 243 cm³/mol. The zero-order chi connectivity index (χ0) is 48.9. The van der Waals surface area contributed by atoms with Crippen molar-refractivity contribution in [2.45, 2.75) is 80.0 Å². The van der Waals surface area contributed by atoms with Gasteiger partial charge in [-0.3, -0.25) is 22.8 Å². The molecule has 0 bridgehead atoms. The molecule has 0 aliphatic carbocycles. The largest absolute Gasteiger partial charge is 0.522 e. The van der Waals surface area contributed by atoms with E-state index >= 15 is 0 Å². The number of fused-ring (bicyclic) bond motifs is 3. The molecule has 3 aliphatic heterocycles. The van der Waals surface area contributed by atoms with Gasteiger partial charge in [0.15, 0.2) is 59.2 Å². The number of methoxy groups -OCH3 is 2. The first-order valence-corrected chi connectivity index (χ1v) is 27.0. The molecular formula is C34H45N15O15P3S2+. The molecule has 3 unspecified atom stereocenters. The molecule has 372 valence electrons. The van der Waals surface area contributed by atoms with E-state index in [1.165, 1.54) is 61.3 Å². The maximum atomic E-state index is 12.5. The summed E-state index contributed by atoms with van der Waals surface area (Å²) in [5.74, 6) is 0.296. The second kappa shape index (κ2) is 20.2. The Morgan fingerprint density at radius 2 is 1.14 bits per heavy atom. The van der Waals surface area contributed by atoms with E-state index < -0.39 is 102 Å². The Hall–Kier alpha value is -4.11. The van der Waals surface area contributed by atoms with E-state index in [0.717, 1.165) is 7.11 Å². The van der Waals surface area contributed by atoms with E-state index in [0.29, 0.717) is 11.2 Å². The Morgan fingerprint density at radius 1 is 0.667 bits per heavy atom. The van der Waals surface area contributed by atoms with Crippen LogP contribution in [0.4, 0.5) is 17.5 Å². The van der Waals surface area contributed by atoms with E-state index in [2.05, 4.69) is 44.9 Å². The average Bonchev–Trinajstić information content (AvgIpc) is 4.19. The molecule has 0 aromatic carbocycles. The number of anilines is 3. The summed E-state index contributed by atoms with van der Waals surface area (Å²) in [4.78, 5) is 59.5. The molecule has 30 nitrogen and oxygen atoms in total. The summed E-state index contributed by atoms with van der Waals surface area (Å²) in [5, 5.41) is 22.0. The van der Waals surface area contributed by atoms with Crippen LogP contribution in [0.15, 0.2) is 38.0 Å². The molecular weight excluding hydrogens is 1020 g/mol. The van der Waals surface area contributed by atoms with Gasteiger partial charge in [0, 0.05) is 21.3 Å². The lowest BCUT2D eigenvalue weighted by Gasteiger charge is -2.28. The number of rotatable bonds is 19. The smallest absolute Gasteiger partial charge is 0.387 e. The van der Waals surface area contributed by atoms with E-state index in [1.807, 2.05) is 0 Å². The fourth-order valence-electron chi connectivity index (χ4n) is 8.29. The Bertz CT molecular complexity index is 2940. The number of nitrogen functional groups attached to an aromatic ring is 3. The Labute approximate surface area is 400 Å². The minimum Gasteiger partial charge on any atom is -0.387 e. The third-order valence-electron chi connectivity index (χ3n) is 11.6. The van der Waals surface area contributed by atoms with Crippen LogP contribution in [0.3, 0.4) is 0 Å². The van der Waals surface area contributed by atoms with Crippen molar-refractivity contribution >= 4 is 96.0 Å². The van der Waals surface area contributed by atoms with Crippen molar-refractivity contribution < 1.29 is 70.9 Å². The van der Waals surface area contributed by atoms with Gasteiger partial charge in [-0.05, 0) is 18.2 Å². The first-order valence-electron chi connectivity index (χ1n) is 20.5. The van der Waals surface area contributed by atoms with Gasteiger partial charge >= 0.3 is 21.5 Å². The second-order valence-electron chi connectivity index (χ2n) is 15.6. The highest BCUT2D eigenvalue weighted by Crippen LogP contribution is 2.52. The fourth-order valence-corrected chi connectivity index (χ4v) is 11.7. The first-order chi connectivity index (χ1) is 33.0. The van der Waals surface area contributed by atoms with Crippen LogP contribution in [0.25, 0.3) is 33.5 Å². The summed E-state index contributed by atoms with van der Waals surface area (Å²) in [6.45, 7) is -5.15. The zero-order valence-corrected chi connectivity index (χ0v) is 40.6. The summed E-state index contributed by atoms with van der Waals surface area (Å²) in [7, 11) is -2.27. The summed E-state index contributed by atoms with van der Waals surface area (Å²) in [6.07, 6.45) is -6.03. The lowest BCUT2D eigenvalue weighted by atomic mass is 10.1. The third kappa shape index (κ3) is 9.82. The molecule has 10 N–H and O–H groups in total. The molecule has 9 heterocycles. The van der Waals surface area contributed by atoms with Gasteiger partial charge in [-0.2, -0.15) is 0 Å². The lowest BCUT2D eigenvalue weighted by Crippen LogP contribution is -2.37. The van der Waals surface area contributed by atoms with Gasteiger partial charge in [-0.1, -0.05) is 0 Å². The minimum absolute atomic E-state index is 0.0249. The highest BCUT2D eigenvalue weighted by molar-refractivity contribution is 8.07. The van der Waals surface area contributed by atoms with Crippen molar-refractivity contribution in [2.24, 2.45) is 0 Å². The van der Waals surface area contributed by atoms with Crippen LogP contribution in [0, 0.1) is 0 Å². The number of aliphatic hydroxyl groups excluding tert-OH is 2. The Balaban J connectivity index is 0.925. The average molecular weight is 1060 g/mol. The number of nitrogens with zero attached hydrogens (tertiary/aromatic N) is 12. The quantitative estimate of drug-likeness (QED) is 0.0513. The summed E-state index contributed by atoms with van der Waals surface area (Å²) in [5.41, 5.74) is 19.7. The number of aliphatic hydroxyl groups is 2. The summed E-state index contributed by atoms with van der Waals surface area (Å²) < 4.78 is 76.8. The monoisotopic (exact) mass is 1060 g/mol. The zero-order valence-electron chi connectivity index (χ0n) is 36.3. The van der Waals surface area contributed by atoms with E-state index in [1.54, 1.807) is 4.57 Å². The van der Waals surface area contributed by atoms with Crippen LogP contribution in [-0.4, -0.2) is 174 Å². The predicted octanol–water partition coefficient (Wildman–Crippen LogP) is -0.287. The number of aromatic nitrogens is 12. The van der Waals surface area contributed by atoms with Crippen molar-refractivity contribution in [2.75, 3.05) is 57.9 Å². The van der Waals surface area contributed by atoms with Crippen LogP contribution in [0.2, 0.25) is 0 Å². The lowest BCUT2D eigenvalue weighted by molar-refractivity contribution is -0.0567. The van der Waals surface area contributed by atoms with Crippen LogP contribution >= 0.6 is 21.5 Å². The first kappa shape index (κ1) is 49.9. The topological polar surface area (TPSA) is 399 Å². The number of hydrogen-bond acceptors (Lipinski definition) is 27. The molecule has 35 heteroatoms. The van der Waals surface area contributed by atoms with Gasteiger partial charge < -0.3 is 69.9 Å². The molecule has 3 saturated heterocycles. The SMILES string of the molecule is CO[C@H]1[C@@H](O[P+](=S)OC[C@H]2O[C@@H](n3cnc4c(N)ncnc43)[C@H](OP(O)(=S)OC[C@H]3O[C@@H](n4cnc5c(N)ncnc54)[C@H](O)[C@@H]3O)[C@@H]2OC)[C@H](n2cnc3c(N)ncnc32)O[C@@H]1CCP(=O)(O)OC. The number of hydrogen-bond donors (Lipinski definition) is 7. The normalized spacial score (nSPS) is 30.4. The summed E-state index contributed by atoms with van der Waals surface area (Å²) >= 11 is 11.3. The van der Waals surface area contributed by atoms with Gasteiger partial charge in [-0.25, -0.2) is 44.9 Å². The molecule has 6 aromatic heterocycles. The van der Waals surface area contributed by atoms with Crippen molar-refractivity contribution in [3.63, 3.8) is 0 Å². The highest BCUT2D eigenvalue weighted by atomic mass is 32.5. The number of imidazole rings is 3. The summed E-state index contributed by atoms with van der Waals surface area (Å²) in [6, 6.07) is 0. The van der Waals surface area contributed by atoms with Gasteiger partial charge in [0.1, 0.15) is 84.9 Å². The maximum absolute atomic E-state index is 12.5. The van der Waals surface area contributed by atoms with Gasteiger partial charge in [0.2, 0.25) is 11.8 Å². The molecule has 0 amide bonds. The third-order valence-corrected chi connectivity index (χ3v) is 15.9. The second-order valence-corrected chi connectivity index (χ2v) is 22.3. The van der Waals surface area contributed by atoms with Gasteiger partial charge in [0.05, 0.1) is 37.9 Å². The molecule has 0 radical (unpaired) electrons. The van der Waals surface area contributed by atoms with Crippen LogP contribution in [0.5, 0.6) is 0 Å². The van der Waals surface area contributed by atoms with E-state index in [9.17, 15) is 24.6 Å².